The Balaban J connectivity index is 5.07. The topological polar surface area (TPSA) is 97.7 Å². The molecule has 0 aliphatic rings. The average Bonchev–Trinajstić information content (AvgIpc) is 1.64. The zero-order valence-electron chi connectivity index (χ0n) is 3.75. The van der Waals surface area contributed by atoms with Crippen LogP contribution in [0.2, 0.25) is 0 Å². The SMILES string of the molecule is O=S(=O)(O)S(=O)(=O)OS. The third kappa shape index (κ3) is 2.10. The van der Waals surface area contributed by atoms with E-state index in [0.717, 1.165) is 0 Å². The predicted octanol–water partition coefficient (Wildman–Crippen LogP) is -1.02. The molecule has 0 aromatic rings. The first-order valence-corrected chi connectivity index (χ1v) is 5.10. The number of rotatable bonds is 2. The third-order valence-corrected chi connectivity index (χ3v) is 3.69. The van der Waals surface area contributed by atoms with Crippen LogP contribution in [0.5, 0.6) is 0 Å². The van der Waals surface area contributed by atoms with Crippen molar-refractivity contribution in [1.82, 2.24) is 0 Å². The highest BCUT2D eigenvalue weighted by Gasteiger charge is 2.26. The minimum Gasteiger partial charge on any atom is -0.272 e. The van der Waals surface area contributed by atoms with Gasteiger partial charge in [-0.25, -0.2) is 0 Å². The number of hydrogen-bond acceptors (Lipinski definition) is 6. The quantitative estimate of drug-likeness (QED) is 0.253. The summed E-state index contributed by atoms with van der Waals surface area (Å²) in [4.78, 5) is 0. The zero-order chi connectivity index (χ0) is 7.71. The number of hydrogen-bond donors (Lipinski definition) is 2. The van der Waals surface area contributed by atoms with Gasteiger partial charge in [0.25, 0.3) is 0 Å². The van der Waals surface area contributed by atoms with E-state index in [0.29, 0.717) is 0 Å². The Morgan fingerprint density at radius 3 is 1.56 bits per heavy atom. The Morgan fingerprint density at radius 1 is 1.22 bits per heavy atom. The van der Waals surface area contributed by atoms with Crippen LogP contribution in [0.4, 0.5) is 0 Å². The van der Waals surface area contributed by atoms with Gasteiger partial charge < -0.3 is 0 Å². The van der Waals surface area contributed by atoms with E-state index in [1.54, 1.807) is 0 Å². The molecule has 0 fully saturated rings. The van der Waals surface area contributed by atoms with Crippen LogP contribution in [0.3, 0.4) is 0 Å². The Bertz CT molecular complexity index is 263. The minimum absolute atomic E-state index is 2.67. The second kappa shape index (κ2) is 2.42. The van der Waals surface area contributed by atoms with Crippen LogP contribution in [-0.2, 0) is 21.9 Å². The van der Waals surface area contributed by atoms with Crippen molar-refractivity contribution in [2.45, 2.75) is 0 Å². The van der Waals surface area contributed by atoms with Gasteiger partial charge in [-0.1, -0.05) is 0 Å². The van der Waals surface area contributed by atoms with E-state index in [2.05, 4.69) is 16.5 Å². The fourth-order valence-corrected chi connectivity index (χ4v) is 1.04. The molecule has 0 unspecified atom stereocenters. The molecule has 9 heteroatoms. The molecule has 0 aliphatic carbocycles. The molecule has 0 bridgehead atoms. The van der Waals surface area contributed by atoms with Gasteiger partial charge in [-0.15, -0.1) is 0 Å². The Hall–Kier alpha value is 0.170. The summed E-state index contributed by atoms with van der Waals surface area (Å²) in [5, 5.41) is 0. The summed E-state index contributed by atoms with van der Waals surface area (Å²) in [6.07, 6.45) is 0. The van der Waals surface area contributed by atoms with Crippen molar-refractivity contribution in [3.8, 4) is 0 Å². The van der Waals surface area contributed by atoms with E-state index in [9.17, 15) is 16.8 Å². The summed E-state index contributed by atoms with van der Waals surface area (Å²) in [5.41, 5.74) is 0. The minimum atomic E-state index is -5.18. The van der Waals surface area contributed by atoms with E-state index in [4.69, 9.17) is 4.55 Å². The molecule has 0 saturated carbocycles. The second-order valence-corrected chi connectivity index (χ2v) is 5.67. The highest BCUT2D eigenvalue weighted by atomic mass is 33.2. The summed E-state index contributed by atoms with van der Waals surface area (Å²) < 4.78 is 50.0. The van der Waals surface area contributed by atoms with Gasteiger partial charge in [-0.05, 0) is 12.9 Å². The van der Waals surface area contributed by atoms with E-state index in [-0.39, 0.29) is 0 Å². The van der Waals surface area contributed by atoms with Crippen molar-refractivity contribution in [3.05, 3.63) is 0 Å². The van der Waals surface area contributed by atoms with Gasteiger partial charge in [-0.3, -0.25) is 4.55 Å². The lowest BCUT2D eigenvalue weighted by Gasteiger charge is -1.90. The molecule has 0 amide bonds. The number of thiol groups is 1. The van der Waals surface area contributed by atoms with Crippen LogP contribution >= 0.6 is 12.9 Å². The lowest BCUT2D eigenvalue weighted by atomic mass is 15.8. The molecule has 0 aromatic carbocycles. The summed E-state index contributed by atoms with van der Waals surface area (Å²) in [6, 6.07) is 0. The molecular weight excluding hydrogens is 192 g/mol. The van der Waals surface area contributed by atoms with Crippen LogP contribution < -0.4 is 0 Å². The summed E-state index contributed by atoms with van der Waals surface area (Å²) in [5.74, 6) is 0. The van der Waals surface area contributed by atoms with Crippen molar-refractivity contribution in [2.75, 3.05) is 0 Å². The molecule has 0 aliphatic heterocycles. The maximum atomic E-state index is 9.88. The molecule has 0 saturated heterocycles. The molecule has 0 spiro atoms. The van der Waals surface area contributed by atoms with Gasteiger partial charge in [0.1, 0.15) is 0 Å². The molecule has 56 valence electrons. The molecule has 0 atom stereocenters. The summed E-state index contributed by atoms with van der Waals surface area (Å²) >= 11 is 2.67. The first kappa shape index (κ1) is 9.17. The molecule has 9 heavy (non-hydrogen) atoms. The predicted molar refractivity (Wildman–Crippen MR) is 30.5 cm³/mol. The third-order valence-electron chi connectivity index (χ3n) is 0.349. The van der Waals surface area contributed by atoms with Gasteiger partial charge >= 0.3 is 18.3 Å². The van der Waals surface area contributed by atoms with Crippen molar-refractivity contribution in [1.29, 1.82) is 0 Å². The summed E-state index contributed by atoms with van der Waals surface area (Å²) in [7, 11) is -10.1. The molecule has 1 N–H and O–H groups in total. The molecule has 0 aromatic heterocycles. The Morgan fingerprint density at radius 2 is 1.56 bits per heavy atom. The van der Waals surface area contributed by atoms with Crippen molar-refractivity contribution >= 4 is 31.2 Å². The Kier molecular flexibility index (Phi) is 2.47. The van der Waals surface area contributed by atoms with Crippen LogP contribution in [0.15, 0.2) is 0 Å². The van der Waals surface area contributed by atoms with E-state index < -0.39 is 18.3 Å². The lowest BCUT2D eigenvalue weighted by molar-refractivity contribution is 0.476. The van der Waals surface area contributed by atoms with Gasteiger partial charge in [0, 0.05) is 0 Å². The fourth-order valence-electron chi connectivity index (χ4n) is 0.0385. The molecule has 0 heterocycles. The monoisotopic (exact) mass is 194 g/mol. The molecular formula is H2O6S3. The average molecular weight is 194 g/mol. The van der Waals surface area contributed by atoms with Crippen LogP contribution in [0, 0.1) is 0 Å². The maximum absolute atomic E-state index is 9.88. The first-order valence-electron chi connectivity index (χ1n) is 1.37. The van der Waals surface area contributed by atoms with Gasteiger partial charge in [0.2, 0.25) is 0 Å². The normalized spacial score (nSPS) is 13.6. The van der Waals surface area contributed by atoms with Crippen molar-refractivity contribution in [3.63, 3.8) is 0 Å². The summed E-state index contributed by atoms with van der Waals surface area (Å²) in [6.45, 7) is 0. The van der Waals surface area contributed by atoms with E-state index >= 15 is 0 Å². The van der Waals surface area contributed by atoms with Crippen molar-refractivity contribution in [2.24, 2.45) is 0 Å². The van der Waals surface area contributed by atoms with E-state index in [1.807, 2.05) is 0 Å². The van der Waals surface area contributed by atoms with Crippen LogP contribution in [-0.4, -0.2) is 21.4 Å². The highest BCUT2D eigenvalue weighted by molar-refractivity contribution is 8.63. The second-order valence-electron chi connectivity index (χ2n) is 0.911. The lowest BCUT2D eigenvalue weighted by Crippen LogP contribution is -2.13. The van der Waals surface area contributed by atoms with Gasteiger partial charge in [-0.2, -0.15) is 20.5 Å². The van der Waals surface area contributed by atoms with Crippen LogP contribution in [0.1, 0.15) is 0 Å². The molecule has 0 radical (unpaired) electrons. The van der Waals surface area contributed by atoms with Crippen molar-refractivity contribution < 1.29 is 25.0 Å². The van der Waals surface area contributed by atoms with Gasteiger partial charge in [0.15, 0.2) is 0 Å². The smallest absolute Gasteiger partial charge is 0.272 e. The zero-order valence-corrected chi connectivity index (χ0v) is 6.28. The Labute approximate surface area is 56.7 Å². The van der Waals surface area contributed by atoms with E-state index in [1.165, 1.54) is 0 Å². The largest absolute Gasteiger partial charge is 0.410 e. The maximum Gasteiger partial charge on any atom is 0.410 e. The van der Waals surface area contributed by atoms with Gasteiger partial charge in [0.05, 0.1) is 0 Å². The highest BCUT2D eigenvalue weighted by Crippen LogP contribution is 2.02. The molecule has 6 nitrogen and oxygen atoms in total. The van der Waals surface area contributed by atoms with Crippen LogP contribution in [0.25, 0.3) is 0 Å². The molecule has 0 rings (SSSR count). The first-order chi connectivity index (χ1) is 3.81. The fraction of sp³-hybridized carbons (Fsp3) is 0. The standard InChI is InChI=1S/H2O6S3/c1-8(2,3)9(4,5)6-7/h7H,(H,1,2,3).